The van der Waals surface area contributed by atoms with Crippen LogP contribution in [-0.4, -0.2) is 8.42 Å². The third kappa shape index (κ3) is 4.09. The van der Waals surface area contributed by atoms with Gasteiger partial charge < -0.3 is 0 Å². The first-order valence-corrected chi connectivity index (χ1v) is 8.57. The van der Waals surface area contributed by atoms with E-state index in [0.29, 0.717) is 5.02 Å². The third-order valence-electron chi connectivity index (χ3n) is 3.16. The summed E-state index contributed by atoms with van der Waals surface area (Å²) in [5.41, 5.74) is 3.67. The molecule has 0 saturated carbocycles. The van der Waals surface area contributed by atoms with Gasteiger partial charge in [-0.25, -0.2) is 8.42 Å². The second kappa shape index (κ2) is 5.98. The van der Waals surface area contributed by atoms with Gasteiger partial charge in [0.2, 0.25) is 0 Å². The minimum Gasteiger partial charge on any atom is -0.228 e. The molecule has 20 heavy (non-hydrogen) atoms. The van der Waals surface area contributed by atoms with Gasteiger partial charge in [-0.3, -0.25) is 0 Å². The number of hydrogen-bond acceptors (Lipinski definition) is 2. The van der Waals surface area contributed by atoms with Crippen molar-refractivity contribution in [1.29, 1.82) is 0 Å². The zero-order valence-corrected chi connectivity index (χ0v) is 13.1. The van der Waals surface area contributed by atoms with Gasteiger partial charge in [0.25, 0.3) is 0 Å². The van der Waals surface area contributed by atoms with Crippen molar-refractivity contribution in [3.8, 4) is 0 Å². The number of rotatable bonds is 4. The molecule has 0 amide bonds. The van der Waals surface area contributed by atoms with Crippen molar-refractivity contribution in [2.24, 2.45) is 0 Å². The number of sulfone groups is 1. The van der Waals surface area contributed by atoms with Crippen molar-refractivity contribution >= 4 is 21.4 Å². The number of halogens is 1. The molecule has 0 N–H and O–H groups in total. The van der Waals surface area contributed by atoms with E-state index in [9.17, 15) is 8.42 Å². The predicted molar refractivity (Wildman–Crippen MR) is 83.7 cm³/mol. The molecule has 0 bridgehead atoms. The topological polar surface area (TPSA) is 34.1 Å². The Hall–Kier alpha value is -1.32. The Morgan fingerprint density at radius 1 is 1.00 bits per heavy atom. The van der Waals surface area contributed by atoms with Crippen LogP contribution in [0.2, 0.25) is 5.02 Å². The van der Waals surface area contributed by atoms with Gasteiger partial charge in [-0.2, -0.15) is 0 Å². The van der Waals surface area contributed by atoms with E-state index in [1.807, 2.05) is 32.0 Å². The van der Waals surface area contributed by atoms with Crippen molar-refractivity contribution in [3.63, 3.8) is 0 Å². The Bertz CT molecular complexity index is 721. The molecule has 0 aliphatic carbocycles. The highest BCUT2D eigenvalue weighted by atomic mass is 35.5. The molecule has 2 aromatic carbocycles. The molecule has 0 aliphatic rings. The monoisotopic (exact) mass is 308 g/mol. The second-order valence-electron chi connectivity index (χ2n) is 5.09. The lowest BCUT2D eigenvalue weighted by Gasteiger charge is -2.09. The molecule has 0 fully saturated rings. The molecule has 0 radical (unpaired) electrons. The summed E-state index contributed by atoms with van der Waals surface area (Å²) >= 11 is 5.89. The predicted octanol–water partition coefficient (Wildman–Crippen LogP) is 4.07. The van der Waals surface area contributed by atoms with Crippen molar-refractivity contribution in [1.82, 2.24) is 0 Å². The number of hydrogen-bond donors (Lipinski definition) is 0. The van der Waals surface area contributed by atoms with Crippen LogP contribution in [0, 0.1) is 13.8 Å². The van der Waals surface area contributed by atoms with Gasteiger partial charge in [-0.15, -0.1) is 0 Å². The van der Waals surface area contributed by atoms with Crippen LogP contribution in [0.25, 0.3) is 0 Å². The van der Waals surface area contributed by atoms with Gasteiger partial charge in [-0.1, -0.05) is 47.5 Å². The second-order valence-corrected chi connectivity index (χ2v) is 7.59. The molecule has 2 rings (SSSR count). The largest absolute Gasteiger partial charge is 0.228 e. The Labute approximate surface area is 125 Å². The molecule has 106 valence electrons. The fourth-order valence-electron chi connectivity index (χ4n) is 2.12. The lowest BCUT2D eigenvalue weighted by molar-refractivity contribution is 0.594. The van der Waals surface area contributed by atoms with Crippen LogP contribution in [0.3, 0.4) is 0 Å². The van der Waals surface area contributed by atoms with Crippen LogP contribution in [0.4, 0.5) is 0 Å². The van der Waals surface area contributed by atoms with Crippen LogP contribution >= 0.6 is 11.6 Å². The minimum absolute atomic E-state index is 0.0148. The molecule has 0 heterocycles. The summed E-state index contributed by atoms with van der Waals surface area (Å²) in [7, 11) is -3.20. The van der Waals surface area contributed by atoms with Crippen LogP contribution in [-0.2, 0) is 21.3 Å². The fourth-order valence-corrected chi connectivity index (χ4v) is 3.91. The van der Waals surface area contributed by atoms with Crippen molar-refractivity contribution in [2.75, 3.05) is 0 Å². The summed E-state index contributed by atoms with van der Waals surface area (Å²) in [5.74, 6) is 0.0773. The molecule has 4 heteroatoms. The number of benzene rings is 2. The maximum Gasteiger partial charge on any atom is 0.158 e. The van der Waals surface area contributed by atoms with Crippen LogP contribution in [0.5, 0.6) is 0 Å². The molecule has 0 spiro atoms. The summed E-state index contributed by atoms with van der Waals surface area (Å²) in [5, 5.41) is 0.560. The van der Waals surface area contributed by atoms with E-state index in [1.54, 1.807) is 24.3 Å². The van der Waals surface area contributed by atoms with Gasteiger partial charge in [0.1, 0.15) is 0 Å². The van der Waals surface area contributed by atoms with Crippen LogP contribution in [0.15, 0.2) is 42.5 Å². The molecule has 2 aromatic rings. The standard InChI is InChI=1S/C16H17ClO2S/c1-12-6-7-13(2)15(8-12)11-20(18,19)10-14-4-3-5-16(17)9-14/h3-9H,10-11H2,1-2H3. The highest BCUT2D eigenvalue weighted by Crippen LogP contribution is 2.18. The first-order chi connectivity index (χ1) is 9.35. The first-order valence-electron chi connectivity index (χ1n) is 6.37. The molecular formula is C16H17ClO2S. The van der Waals surface area contributed by atoms with Gasteiger partial charge in [0.05, 0.1) is 11.5 Å². The molecule has 0 aromatic heterocycles. The average molecular weight is 309 g/mol. The Kier molecular flexibility index (Phi) is 4.51. The Balaban J connectivity index is 2.21. The SMILES string of the molecule is Cc1ccc(C)c(CS(=O)(=O)Cc2cccc(Cl)c2)c1. The quantitative estimate of drug-likeness (QED) is 0.853. The smallest absolute Gasteiger partial charge is 0.158 e. The highest BCUT2D eigenvalue weighted by molar-refractivity contribution is 7.89. The molecule has 0 saturated heterocycles. The summed E-state index contributed by atoms with van der Waals surface area (Å²) < 4.78 is 24.6. The van der Waals surface area contributed by atoms with Gasteiger partial charge >= 0.3 is 0 Å². The molecule has 0 aliphatic heterocycles. The zero-order chi connectivity index (χ0) is 14.8. The first kappa shape index (κ1) is 15.1. The van der Waals surface area contributed by atoms with E-state index in [4.69, 9.17) is 11.6 Å². The van der Waals surface area contributed by atoms with Crippen LogP contribution < -0.4 is 0 Å². The van der Waals surface area contributed by atoms with Gasteiger partial charge in [0.15, 0.2) is 9.84 Å². The normalized spacial score (nSPS) is 11.6. The summed E-state index contributed by atoms with van der Waals surface area (Å²) in [6.45, 7) is 3.90. The van der Waals surface area contributed by atoms with Crippen molar-refractivity contribution < 1.29 is 8.42 Å². The van der Waals surface area contributed by atoms with E-state index < -0.39 is 9.84 Å². The van der Waals surface area contributed by atoms with E-state index in [0.717, 1.165) is 22.3 Å². The molecule has 0 unspecified atom stereocenters. The highest BCUT2D eigenvalue weighted by Gasteiger charge is 2.15. The van der Waals surface area contributed by atoms with E-state index in [2.05, 4.69) is 0 Å². The Morgan fingerprint density at radius 3 is 2.45 bits per heavy atom. The third-order valence-corrected chi connectivity index (χ3v) is 4.91. The lowest BCUT2D eigenvalue weighted by Crippen LogP contribution is -2.08. The summed E-state index contributed by atoms with van der Waals surface area (Å²) in [4.78, 5) is 0. The van der Waals surface area contributed by atoms with E-state index in [1.165, 1.54) is 0 Å². The number of aryl methyl sites for hydroxylation is 2. The summed E-state index contributed by atoms with van der Waals surface area (Å²) in [6.07, 6.45) is 0. The van der Waals surface area contributed by atoms with E-state index >= 15 is 0 Å². The maximum atomic E-state index is 12.3. The van der Waals surface area contributed by atoms with Gasteiger partial charge in [0, 0.05) is 5.02 Å². The summed E-state index contributed by atoms with van der Waals surface area (Å²) in [6, 6.07) is 12.9. The molecular weight excluding hydrogens is 292 g/mol. The zero-order valence-electron chi connectivity index (χ0n) is 11.6. The Morgan fingerprint density at radius 2 is 1.75 bits per heavy atom. The average Bonchev–Trinajstić information content (AvgIpc) is 2.33. The fraction of sp³-hybridized carbons (Fsp3) is 0.250. The lowest BCUT2D eigenvalue weighted by atomic mass is 10.1. The van der Waals surface area contributed by atoms with Gasteiger partial charge in [-0.05, 0) is 42.7 Å². The van der Waals surface area contributed by atoms with Crippen molar-refractivity contribution in [3.05, 3.63) is 69.7 Å². The molecule has 0 atom stereocenters. The van der Waals surface area contributed by atoms with Crippen LogP contribution in [0.1, 0.15) is 22.3 Å². The maximum absolute atomic E-state index is 12.3. The molecule has 2 nitrogen and oxygen atoms in total. The minimum atomic E-state index is -3.20. The van der Waals surface area contributed by atoms with E-state index in [-0.39, 0.29) is 11.5 Å². The van der Waals surface area contributed by atoms with Crippen molar-refractivity contribution in [2.45, 2.75) is 25.4 Å².